The molecule has 0 saturated carbocycles. The van der Waals surface area contributed by atoms with Gasteiger partial charge in [0.25, 0.3) is 0 Å². The maximum Gasteiger partial charge on any atom is 0.389 e. The lowest BCUT2D eigenvalue weighted by Gasteiger charge is -2.38. The number of halogens is 3. The molecule has 6 heteroatoms. The summed E-state index contributed by atoms with van der Waals surface area (Å²) in [5.74, 6) is -0.505. The topological polar surface area (TPSA) is 32.3 Å². The van der Waals surface area contributed by atoms with Crippen molar-refractivity contribution in [1.29, 1.82) is 0 Å². The third kappa shape index (κ3) is 6.59. The van der Waals surface area contributed by atoms with Crippen LogP contribution >= 0.6 is 0 Å². The molecule has 0 radical (unpaired) electrons. The average Bonchev–Trinajstić information content (AvgIpc) is 2.36. The SMILES string of the molecule is CC(C)N1CCCCC1CCNC(=O)CCC(F)(F)F. The highest BCUT2D eigenvalue weighted by Gasteiger charge is 2.28. The van der Waals surface area contributed by atoms with E-state index < -0.39 is 24.9 Å². The van der Waals surface area contributed by atoms with Crippen LogP contribution in [0.5, 0.6) is 0 Å². The first-order chi connectivity index (χ1) is 9.29. The number of hydrogen-bond acceptors (Lipinski definition) is 2. The molecule has 0 bridgehead atoms. The Morgan fingerprint density at radius 1 is 1.35 bits per heavy atom. The van der Waals surface area contributed by atoms with E-state index >= 15 is 0 Å². The molecule has 1 saturated heterocycles. The van der Waals surface area contributed by atoms with Crippen LogP contribution in [-0.2, 0) is 4.79 Å². The monoisotopic (exact) mass is 294 g/mol. The summed E-state index contributed by atoms with van der Waals surface area (Å²) in [7, 11) is 0. The van der Waals surface area contributed by atoms with Gasteiger partial charge in [-0.05, 0) is 39.7 Å². The largest absolute Gasteiger partial charge is 0.389 e. The predicted octanol–water partition coefficient (Wildman–Crippen LogP) is 3.10. The molecule has 1 aliphatic heterocycles. The Balaban J connectivity index is 2.23. The minimum Gasteiger partial charge on any atom is -0.356 e. The van der Waals surface area contributed by atoms with E-state index in [1.807, 2.05) is 0 Å². The van der Waals surface area contributed by atoms with Gasteiger partial charge in [0.05, 0.1) is 6.42 Å². The highest BCUT2D eigenvalue weighted by molar-refractivity contribution is 5.75. The van der Waals surface area contributed by atoms with Crippen LogP contribution in [0.15, 0.2) is 0 Å². The molecule has 0 aromatic rings. The maximum atomic E-state index is 12.0. The summed E-state index contributed by atoms with van der Waals surface area (Å²) in [5, 5.41) is 2.60. The highest BCUT2D eigenvalue weighted by Crippen LogP contribution is 2.22. The van der Waals surface area contributed by atoms with Crippen molar-refractivity contribution >= 4 is 5.91 Å². The maximum absolute atomic E-state index is 12.0. The smallest absolute Gasteiger partial charge is 0.356 e. The molecule has 1 fully saturated rings. The fraction of sp³-hybridized carbons (Fsp3) is 0.929. The van der Waals surface area contributed by atoms with Crippen molar-refractivity contribution in [3.05, 3.63) is 0 Å². The number of piperidine rings is 1. The van der Waals surface area contributed by atoms with Gasteiger partial charge < -0.3 is 5.32 Å². The Hall–Kier alpha value is -0.780. The molecule has 0 aromatic carbocycles. The Morgan fingerprint density at radius 3 is 2.65 bits per heavy atom. The van der Waals surface area contributed by atoms with Crippen molar-refractivity contribution in [1.82, 2.24) is 10.2 Å². The number of rotatable bonds is 6. The molecule has 1 heterocycles. The summed E-state index contributed by atoms with van der Waals surface area (Å²) >= 11 is 0. The number of amides is 1. The normalized spacial score (nSPS) is 21.2. The third-order valence-corrected chi connectivity index (χ3v) is 3.77. The molecule has 1 rings (SSSR count). The second kappa shape index (κ2) is 7.86. The molecular weight excluding hydrogens is 269 g/mol. The molecule has 1 aliphatic rings. The number of carbonyl (C=O) groups is 1. The fourth-order valence-electron chi connectivity index (χ4n) is 2.73. The molecule has 0 spiro atoms. The number of alkyl halides is 3. The van der Waals surface area contributed by atoms with Crippen LogP contribution in [0.1, 0.15) is 52.4 Å². The molecule has 0 aromatic heterocycles. The van der Waals surface area contributed by atoms with Gasteiger partial charge in [0.1, 0.15) is 0 Å². The second-order valence-corrected chi connectivity index (χ2v) is 5.73. The summed E-state index contributed by atoms with van der Waals surface area (Å²) in [6.45, 7) is 5.84. The summed E-state index contributed by atoms with van der Waals surface area (Å²) in [6, 6.07) is 0.910. The lowest BCUT2D eigenvalue weighted by Crippen LogP contribution is -2.45. The molecule has 1 unspecified atom stereocenters. The van der Waals surface area contributed by atoms with Crippen molar-refractivity contribution in [2.45, 2.75) is 70.6 Å². The first kappa shape index (κ1) is 17.3. The molecule has 1 amide bonds. The lowest BCUT2D eigenvalue weighted by molar-refractivity contribution is -0.144. The van der Waals surface area contributed by atoms with Gasteiger partial charge in [0.15, 0.2) is 0 Å². The molecule has 1 atom stereocenters. The minimum absolute atomic E-state index is 0.437. The zero-order valence-corrected chi connectivity index (χ0v) is 12.3. The summed E-state index contributed by atoms with van der Waals surface area (Å²) in [5.41, 5.74) is 0. The van der Waals surface area contributed by atoms with Crippen LogP contribution in [0.2, 0.25) is 0 Å². The van der Waals surface area contributed by atoms with Crippen LogP contribution in [-0.4, -0.2) is 42.2 Å². The number of hydrogen-bond donors (Lipinski definition) is 1. The third-order valence-electron chi connectivity index (χ3n) is 3.77. The molecular formula is C14H25F3N2O. The molecule has 118 valence electrons. The minimum atomic E-state index is -4.25. The van der Waals surface area contributed by atoms with E-state index in [2.05, 4.69) is 24.1 Å². The summed E-state index contributed by atoms with van der Waals surface area (Å²) in [4.78, 5) is 13.7. The van der Waals surface area contributed by atoms with E-state index in [1.165, 1.54) is 12.8 Å². The Labute approximate surface area is 118 Å². The standard InChI is InChI=1S/C14H25F3N2O/c1-11(2)19-10-4-3-5-12(19)7-9-18-13(20)6-8-14(15,16)17/h11-12H,3-10H2,1-2H3,(H,18,20). The fourth-order valence-corrected chi connectivity index (χ4v) is 2.73. The van der Waals surface area contributed by atoms with Crippen LogP contribution in [0, 0.1) is 0 Å². The Morgan fingerprint density at radius 2 is 2.05 bits per heavy atom. The average molecular weight is 294 g/mol. The van der Waals surface area contributed by atoms with E-state index in [0.717, 1.165) is 19.4 Å². The number of nitrogens with zero attached hydrogens (tertiary/aromatic N) is 1. The predicted molar refractivity (Wildman–Crippen MR) is 72.4 cm³/mol. The molecule has 3 nitrogen and oxygen atoms in total. The molecule has 20 heavy (non-hydrogen) atoms. The molecule has 1 N–H and O–H groups in total. The van der Waals surface area contributed by atoms with Crippen molar-refractivity contribution in [2.75, 3.05) is 13.1 Å². The Kier molecular flexibility index (Phi) is 6.79. The van der Waals surface area contributed by atoms with E-state index in [9.17, 15) is 18.0 Å². The van der Waals surface area contributed by atoms with E-state index in [-0.39, 0.29) is 0 Å². The summed E-state index contributed by atoms with van der Waals surface area (Å²) < 4.78 is 35.9. The van der Waals surface area contributed by atoms with Crippen molar-refractivity contribution < 1.29 is 18.0 Å². The van der Waals surface area contributed by atoms with Crippen LogP contribution in [0.25, 0.3) is 0 Å². The van der Waals surface area contributed by atoms with Gasteiger partial charge in [0.2, 0.25) is 5.91 Å². The van der Waals surface area contributed by atoms with Gasteiger partial charge in [-0.25, -0.2) is 0 Å². The van der Waals surface area contributed by atoms with Crippen LogP contribution in [0.4, 0.5) is 13.2 Å². The first-order valence-electron chi connectivity index (χ1n) is 7.39. The van der Waals surface area contributed by atoms with Crippen molar-refractivity contribution in [3.63, 3.8) is 0 Å². The number of likely N-dealkylation sites (tertiary alicyclic amines) is 1. The van der Waals surface area contributed by atoms with Crippen molar-refractivity contribution in [3.8, 4) is 0 Å². The van der Waals surface area contributed by atoms with Gasteiger partial charge in [0, 0.05) is 25.0 Å². The number of nitrogens with one attached hydrogen (secondary N) is 1. The Bertz CT molecular complexity index is 305. The molecule has 0 aliphatic carbocycles. The second-order valence-electron chi connectivity index (χ2n) is 5.73. The van der Waals surface area contributed by atoms with Gasteiger partial charge in [-0.15, -0.1) is 0 Å². The number of carbonyl (C=O) groups excluding carboxylic acids is 1. The van der Waals surface area contributed by atoms with E-state index in [0.29, 0.717) is 18.6 Å². The highest BCUT2D eigenvalue weighted by atomic mass is 19.4. The quantitative estimate of drug-likeness (QED) is 0.816. The first-order valence-corrected chi connectivity index (χ1v) is 7.39. The van der Waals surface area contributed by atoms with E-state index in [4.69, 9.17) is 0 Å². The summed E-state index contributed by atoms with van der Waals surface area (Å²) in [6.07, 6.45) is -1.45. The van der Waals surface area contributed by atoms with Crippen molar-refractivity contribution in [2.24, 2.45) is 0 Å². The van der Waals surface area contributed by atoms with Crippen LogP contribution < -0.4 is 5.32 Å². The van der Waals surface area contributed by atoms with Gasteiger partial charge in [-0.2, -0.15) is 13.2 Å². The van der Waals surface area contributed by atoms with Crippen LogP contribution in [0.3, 0.4) is 0 Å². The van der Waals surface area contributed by atoms with E-state index in [1.54, 1.807) is 0 Å². The van der Waals surface area contributed by atoms with Gasteiger partial charge in [-0.1, -0.05) is 6.42 Å². The zero-order valence-electron chi connectivity index (χ0n) is 12.3. The van der Waals surface area contributed by atoms with Gasteiger partial charge in [-0.3, -0.25) is 9.69 Å². The lowest BCUT2D eigenvalue weighted by atomic mass is 9.98. The zero-order chi connectivity index (χ0) is 15.2. The van der Waals surface area contributed by atoms with Gasteiger partial charge >= 0.3 is 6.18 Å².